The van der Waals surface area contributed by atoms with E-state index in [1.165, 1.54) is 32.5 Å². The molecule has 0 N–H and O–H groups in total. The van der Waals surface area contributed by atoms with Crippen molar-refractivity contribution in [2.24, 2.45) is 21.8 Å². The summed E-state index contributed by atoms with van der Waals surface area (Å²) in [7, 11) is 3.24. The third kappa shape index (κ3) is 7.08. The summed E-state index contributed by atoms with van der Waals surface area (Å²) in [6.45, 7) is -0.198. The van der Waals surface area contributed by atoms with Crippen molar-refractivity contribution in [2.45, 2.75) is 82.7 Å². The van der Waals surface area contributed by atoms with Crippen molar-refractivity contribution < 1.29 is 28.7 Å². The number of carbonyl (C=O) groups is 4. The van der Waals surface area contributed by atoms with Crippen LogP contribution in [0.25, 0.3) is 0 Å². The molecule has 2 aliphatic heterocycles. The second-order valence-electron chi connectivity index (χ2n) is 12.9. The Balaban J connectivity index is 1.11. The van der Waals surface area contributed by atoms with Gasteiger partial charge in [0.2, 0.25) is 12.1 Å². The molecule has 0 saturated heterocycles. The Labute approximate surface area is 295 Å². The first-order valence-electron chi connectivity index (χ1n) is 17.0. The van der Waals surface area contributed by atoms with Crippen molar-refractivity contribution in [3.05, 3.63) is 31.6 Å². The first-order valence-corrected chi connectivity index (χ1v) is 18.6. The highest BCUT2D eigenvalue weighted by atomic mass is 32.1. The highest BCUT2D eigenvalue weighted by molar-refractivity contribution is 7.15. The van der Waals surface area contributed by atoms with Gasteiger partial charge in [0.05, 0.1) is 55.5 Å². The van der Waals surface area contributed by atoms with Crippen molar-refractivity contribution in [3.8, 4) is 24.7 Å². The summed E-state index contributed by atoms with van der Waals surface area (Å²) in [5.74, 6) is 3.08. The van der Waals surface area contributed by atoms with Crippen molar-refractivity contribution >= 4 is 69.2 Å². The number of nitrogens with zero attached hydrogens (tertiary/aromatic N) is 4. The maximum absolute atomic E-state index is 13.5. The van der Waals surface area contributed by atoms with Crippen LogP contribution in [0.5, 0.6) is 0 Å². The number of carbonyl (C=O) groups excluding carboxylic acids is 4. The minimum Gasteiger partial charge on any atom is -0.464 e. The van der Waals surface area contributed by atoms with Crippen molar-refractivity contribution in [3.63, 3.8) is 0 Å². The van der Waals surface area contributed by atoms with E-state index in [-0.39, 0.29) is 31.5 Å². The molecule has 0 radical (unpaired) electrons. The lowest BCUT2D eigenvalue weighted by atomic mass is 9.85. The van der Waals surface area contributed by atoms with Crippen LogP contribution < -0.4 is 9.80 Å². The molecule has 0 spiro atoms. The summed E-state index contributed by atoms with van der Waals surface area (Å²) in [6.07, 6.45) is 21.8. The summed E-state index contributed by atoms with van der Waals surface area (Å²) >= 11 is 2.82. The van der Waals surface area contributed by atoms with E-state index in [9.17, 15) is 19.2 Å². The lowest BCUT2D eigenvalue weighted by Crippen LogP contribution is -2.41. The number of ether oxygens (including phenoxy) is 2. The summed E-state index contributed by atoms with van der Waals surface area (Å²) in [5.41, 5.74) is 2.81. The van der Waals surface area contributed by atoms with Crippen LogP contribution in [-0.4, -0.2) is 74.6 Å². The molecule has 0 aromatic carbocycles. The standard InChI is InChI=1S/C37H40N4O6S2/c1-5-24-20-26-32(48-24)28(22-14-9-7-10-15-22)38-30(34(42)40(26)3)36(44)46-18-13-19-47-37(45)31-35(43)41(4)27-21-25(6-2)49-33(27)29(39-31)23-16-11-8-12-17-23/h1-2,20-23,30-31H,7-19H2,3-4H3. The van der Waals surface area contributed by atoms with Gasteiger partial charge in [-0.1, -0.05) is 50.4 Å². The van der Waals surface area contributed by atoms with Crippen LogP contribution in [0, 0.1) is 36.5 Å². The topological polar surface area (TPSA) is 118 Å². The van der Waals surface area contributed by atoms with E-state index in [2.05, 4.69) is 11.8 Å². The molecule has 2 aromatic rings. The summed E-state index contributed by atoms with van der Waals surface area (Å²) in [5, 5.41) is 0. The van der Waals surface area contributed by atoms with Gasteiger partial charge in [0.25, 0.3) is 11.8 Å². The Kier molecular flexibility index (Phi) is 10.7. The van der Waals surface area contributed by atoms with Crippen LogP contribution in [0.1, 0.15) is 90.1 Å². The van der Waals surface area contributed by atoms with Gasteiger partial charge < -0.3 is 19.3 Å². The molecule has 2 atom stereocenters. The van der Waals surface area contributed by atoms with Crippen LogP contribution in [0.15, 0.2) is 22.1 Å². The fourth-order valence-corrected chi connectivity index (χ4v) is 9.23. The lowest BCUT2D eigenvalue weighted by Gasteiger charge is -2.23. The first kappa shape index (κ1) is 34.6. The molecule has 4 aliphatic rings. The van der Waals surface area contributed by atoms with E-state index in [0.717, 1.165) is 85.4 Å². The molecule has 0 bridgehead atoms. The van der Waals surface area contributed by atoms with Crippen molar-refractivity contribution in [2.75, 3.05) is 37.1 Å². The van der Waals surface area contributed by atoms with Crippen molar-refractivity contribution in [1.82, 2.24) is 0 Å². The molecule has 2 aromatic heterocycles. The fourth-order valence-electron chi connectivity index (χ4n) is 7.08. The van der Waals surface area contributed by atoms with E-state index < -0.39 is 35.8 Å². The third-order valence-corrected chi connectivity index (χ3v) is 11.9. The maximum atomic E-state index is 13.5. The summed E-state index contributed by atoms with van der Waals surface area (Å²) in [6, 6.07) is 0.902. The Bertz CT molecular complexity index is 1650. The lowest BCUT2D eigenvalue weighted by molar-refractivity contribution is -0.149. The summed E-state index contributed by atoms with van der Waals surface area (Å²) in [4.78, 5) is 69.0. The molecule has 2 unspecified atom stereocenters. The number of fused-ring (bicyclic) bond motifs is 2. The quantitative estimate of drug-likeness (QED) is 0.158. The molecular formula is C37H40N4O6S2. The number of thiophene rings is 2. The van der Waals surface area contributed by atoms with Crippen LogP contribution in [0.2, 0.25) is 0 Å². The zero-order valence-corrected chi connectivity index (χ0v) is 29.5. The number of rotatable bonds is 8. The first-order chi connectivity index (χ1) is 23.7. The van der Waals surface area contributed by atoms with Crippen LogP contribution in [-0.2, 0) is 28.7 Å². The van der Waals surface area contributed by atoms with E-state index in [4.69, 9.17) is 32.3 Å². The van der Waals surface area contributed by atoms with Gasteiger partial charge in [0, 0.05) is 32.4 Å². The Hall–Kier alpha value is -4.26. The average molecular weight is 701 g/mol. The molecular weight excluding hydrogens is 661 g/mol. The molecule has 2 aliphatic carbocycles. The minimum atomic E-state index is -1.35. The number of anilines is 2. The predicted octanol–water partition coefficient (Wildman–Crippen LogP) is 5.38. The molecule has 2 saturated carbocycles. The number of likely N-dealkylation sites (N-methyl/N-ethyl adjacent to an activating group) is 2. The second-order valence-corrected chi connectivity index (χ2v) is 15.0. The second kappa shape index (κ2) is 15.1. The Morgan fingerprint density at radius 2 is 1.12 bits per heavy atom. The average Bonchev–Trinajstić information content (AvgIpc) is 3.72. The van der Waals surface area contributed by atoms with E-state index >= 15 is 0 Å². The molecule has 2 fully saturated rings. The molecule has 6 rings (SSSR count). The van der Waals surface area contributed by atoms with Gasteiger partial charge in [-0.2, -0.15) is 0 Å². The molecule has 2 amide bonds. The molecule has 12 heteroatoms. The van der Waals surface area contributed by atoms with Crippen LogP contribution in [0.4, 0.5) is 11.4 Å². The fraction of sp³-hybridized carbons (Fsp3) is 0.514. The number of amides is 2. The number of hydrogen-bond donors (Lipinski definition) is 0. The number of hydrogen-bond acceptors (Lipinski definition) is 10. The van der Waals surface area contributed by atoms with Gasteiger partial charge in [0.15, 0.2) is 0 Å². The van der Waals surface area contributed by atoms with Gasteiger partial charge >= 0.3 is 11.9 Å². The molecule has 256 valence electrons. The maximum Gasteiger partial charge on any atom is 0.340 e. The molecule has 10 nitrogen and oxygen atoms in total. The predicted molar refractivity (Wildman–Crippen MR) is 192 cm³/mol. The van der Waals surface area contributed by atoms with Crippen LogP contribution in [0.3, 0.4) is 0 Å². The molecule has 49 heavy (non-hydrogen) atoms. The smallest absolute Gasteiger partial charge is 0.340 e. The van der Waals surface area contributed by atoms with Gasteiger partial charge in [-0.15, -0.1) is 35.5 Å². The van der Waals surface area contributed by atoms with Crippen LogP contribution >= 0.6 is 22.7 Å². The number of terminal acetylenes is 2. The molecule has 4 heterocycles. The van der Waals surface area contributed by atoms with E-state index in [0.29, 0.717) is 21.1 Å². The van der Waals surface area contributed by atoms with Gasteiger partial charge in [-0.05, 0) is 37.8 Å². The zero-order chi connectivity index (χ0) is 34.7. The highest BCUT2D eigenvalue weighted by Gasteiger charge is 2.40. The Morgan fingerprint density at radius 1 is 0.735 bits per heavy atom. The van der Waals surface area contributed by atoms with Gasteiger partial charge in [0.1, 0.15) is 0 Å². The van der Waals surface area contributed by atoms with Gasteiger partial charge in [-0.25, -0.2) is 9.59 Å². The minimum absolute atomic E-state index is 0.0990. The van der Waals surface area contributed by atoms with E-state index in [1.807, 2.05) is 0 Å². The Morgan fingerprint density at radius 3 is 1.49 bits per heavy atom. The van der Waals surface area contributed by atoms with E-state index in [1.54, 1.807) is 26.2 Å². The SMILES string of the molecule is C#Cc1cc2c(s1)C(C1CCCCC1)=NC(C(=O)OCCCOC(=O)C1N=C(C3CCCCC3)c3sc(C#C)cc3N(C)C1=O)C(=O)N2C. The zero-order valence-electron chi connectivity index (χ0n) is 27.9. The van der Waals surface area contributed by atoms with Crippen molar-refractivity contribution in [1.29, 1.82) is 0 Å². The monoisotopic (exact) mass is 700 g/mol. The summed E-state index contributed by atoms with van der Waals surface area (Å²) < 4.78 is 11.0. The van der Waals surface area contributed by atoms with Gasteiger partial charge in [-0.3, -0.25) is 19.6 Å². The number of esters is 2. The highest BCUT2D eigenvalue weighted by Crippen LogP contribution is 2.40. The normalized spacial score (nSPS) is 21.7. The largest absolute Gasteiger partial charge is 0.464 e. The third-order valence-electron chi connectivity index (χ3n) is 9.77. The number of aliphatic imine (C=N–C) groups is 2.